The van der Waals surface area contributed by atoms with E-state index in [9.17, 15) is 5.11 Å². The van der Waals surface area contributed by atoms with Crippen LogP contribution in [0.2, 0.25) is 0 Å². The fourth-order valence-electron chi connectivity index (χ4n) is 3.42. The molecule has 2 rings (SSSR count). The van der Waals surface area contributed by atoms with Gasteiger partial charge >= 0.3 is 0 Å². The van der Waals surface area contributed by atoms with E-state index >= 15 is 0 Å². The van der Waals surface area contributed by atoms with Gasteiger partial charge in [-0.05, 0) is 12.1 Å². The molecule has 0 fully saturated rings. The van der Waals surface area contributed by atoms with Crippen molar-refractivity contribution in [1.82, 2.24) is 10.6 Å². The highest BCUT2D eigenvalue weighted by atomic mass is 16.5. The maximum absolute atomic E-state index is 10.3. The van der Waals surface area contributed by atoms with Gasteiger partial charge in [-0.1, -0.05) is 12.1 Å². The molecule has 0 radical (unpaired) electrons. The largest absolute Gasteiger partial charge is 0.493 e. The summed E-state index contributed by atoms with van der Waals surface area (Å²) in [6, 6.07) is 7.46. The third-order valence-corrected chi connectivity index (χ3v) is 4.96. The molecule has 0 amide bonds. The van der Waals surface area contributed by atoms with Crippen LogP contribution in [0.25, 0.3) is 0 Å². The van der Waals surface area contributed by atoms with E-state index in [-0.39, 0.29) is 0 Å². The molecule has 0 aliphatic heterocycles. The minimum absolute atomic E-state index is 0.396. The number of ether oxygens (including phenoxy) is 6. The third-order valence-electron chi connectivity index (χ3n) is 4.96. The van der Waals surface area contributed by atoms with Crippen LogP contribution < -0.4 is 39.1 Å². The first kappa shape index (κ1) is 25.4. The molecule has 0 unspecified atom stereocenters. The number of rotatable bonds is 14. The molecule has 0 atom stereocenters. The lowest BCUT2D eigenvalue weighted by Crippen LogP contribution is -2.35. The second-order valence-corrected chi connectivity index (χ2v) is 6.90. The molecule has 32 heavy (non-hydrogen) atoms. The Morgan fingerprint density at radius 1 is 0.594 bits per heavy atom. The highest BCUT2D eigenvalue weighted by Crippen LogP contribution is 2.40. The van der Waals surface area contributed by atoms with E-state index in [1.807, 2.05) is 24.3 Å². The molecule has 0 heterocycles. The van der Waals surface area contributed by atoms with Gasteiger partial charge in [0, 0.05) is 37.3 Å². The van der Waals surface area contributed by atoms with E-state index in [1.54, 1.807) is 42.7 Å². The molecule has 2 aromatic rings. The minimum Gasteiger partial charge on any atom is -0.493 e. The SMILES string of the molecule is COc1ccc(CNCC(O)CNCc2ccc(OC)c(OC)c2OC)c(OC)c1OC. The lowest BCUT2D eigenvalue weighted by atomic mass is 10.1. The first-order valence-electron chi connectivity index (χ1n) is 10.2. The van der Waals surface area contributed by atoms with E-state index in [4.69, 9.17) is 28.4 Å². The van der Waals surface area contributed by atoms with E-state index in [0.29, 0.717) is 60.7 Å². The van der Waals surface area contributed by atoms with Crippen LogP contribution in [0.5, 0.6) is 34.5 Å². The smallest absolute Gasteiger partial charge is 0.203 e. The maximum atomic E-state index is 10.3. The first-order valence-corrected chi connectivity index (χ1v) is 10.2. The zero-order valence-corrected chi connectivity index (χ0v) is 19.6. The van der Waals surface area contributed by atoms with Crippen LogP contribution in [0.4, 0.5) is 0 Å². The Labute approximate surface area is 189 Å². The van der Waals surface area contributed by atoms with Gasteiger partial charge in [-0.25, -0.2) is 0 Å². The lowest BCUT2D eigenvalue weighted by Gasteiger charge is -2.18. The average Bonchev–Trinajstić information content (AvgIpc) is 2.82. The normalized spacial score (nSPS) is 10.8. The van der Waals surface area contributed by atoms with Crippen molar-refractivity contribution in [2.24, 2.45) is 0 Å². The zero-order valence-electron chi connectivity index (χ0n) is 19.6. The van der Waals surface area contributed by atoms with Crippen molar-refractivity contribution in [2.45, 2.75) is 19.2 Å². The van der Waals surface area contributed by atoms with Crippen LogP contribution in [-0.2, 0) is 13.1 Å². The molecule has 0 aromatic heterocycles. The summed E-state index contributed by atoms with van der Waals surface area (Å²) in [7, 11) is 9.47. The van der Waals surface area contributed by atoms with Crippen molar-refractivity contribution in [2.75, 3.05) is 55.7 Å². The van der Waals surface area contributed by atoms with Gasteiger partial charge in [0.25, 0.3) is 0 Å². The maximum Gasteiger partial charge on any atom is 0.203 e. The summed E-state index contributed by atoms with van der Waals surface area (Å²) in [6.45, 7) is 1.80. The van der Waals surface area contributed by atoms with Crippen molar-refractivity contribution in [1.29, 1.82) is 0 Å². The number of methoxy groups -OCH3 is 6. The predicted octanol–water partition coefficient (Wildman–Crippen LogP) is 1.98. The second-order valence-electron chi connectivity index (χ2n) is 6.90. The van der Waals surface area contributed by atoms with Gasteiger partial charge in [0.15, 0.2) is 23.0 Å². The molecule has 0 spiro atoms. The fraction of sp³-hybridized carbons (Fsp3) is 0.478. The Bertz CT molecular complexity index is 791. The quantitative estimate of drug-likeness (QED) is 0.399. The Kier molecular flexibility index (Phi) is 10.2. The summed E-state index contributed by atoms with van der Waals surface area (Å²) in [5.74, 6) is 3.49. The van der Waals surface area contributed by atoms with Crippen LogP contribution in [0.15, 0.2) is 24.3 Å². The molecule has 0 saturated heterocycles. The van der Waals surface area contributed by atoms with Crippen molar-refractivity contribution in [3.63, 3.8) is 0 Å². The lowest BCUT2D eigenvalue weighted by molar-refractivity contribution is 0.167. The van der Waals surface area contributed by atoms with Crippen LogP contribution >= 0.6 is 0 Å². The topological polar surface area (TPSA) is 99.7 Å². The van der Waals surface area contributed by atoms with Gasteiger partial charge in [0.2, 0.25) is 11.5 Å². The summed E-state index contributed by atoms with van der Waals surface area (Å²) >= 11 is 0. The summed E-state index contributed by atoms with van der Waals surface area (Å²) in [4.78, 5) is 0. The van der Waals surface area contributed by atoms with Gasteiger partial charge < -0.3 is 44.2 Å². The van der Waals surface area contributed by atoms with Crippen molar-refractivity contribution >= 4 is 0 Å². The van der Waals surface area contributed by atoms with E-state index < -0.39 is 6.10 Å². The second kappa shape index (κ2) is 12.8. The summed E-state index contributed by atoms with van der Waals surface area (Å²) in [6.07, 6.45) is -0.590. The summed E-state index contributed by atoms with van der Waals surface area (Å²) in [5, 5.41) is 16.8. The van der Waals surface area contributed by atoms with Gasteiger partial charge in [-0.15, -0.1) is 0 Å². The Morgan fingerprint density at radius 2 is 0.969 bits per heavy atom. The van der Waals surface area contributed by atoms with Crippen LogP contribution in [-0.4, -0.2) is 67.0 Å². The Morgan fingerprint density at radius 3 is 1.28 bits per heavy atom. The number of hydrogen-bond acceptors (Lipinski definition) is 9. The monoisotopic (exact) mass is 450 g/mol. The van der Waals surface area contributed by atoms with Crippen molar-refractivity contribution in [3.05, 3.63) is 35.4 Å². The van der Waals surface area contributed by atoms with Gasteiger partial charge in [-0.2, -0.15) is 0 Å². The number of nitrogens with one attached hydrogen (secondary N) is 2. The Hall–Kier alpha value is -2.88. The van der Waals surface area contributed by atoms with E-state index in [1.165, 1.54) is 0 Å². The van der Waals surface area contributed by atoms with Crippen LogP contribution in [0, 0.1) is 0 Å². The first-order chi connectivity index (χ1) is 15.5. The molecule has 3 N–H and O–H groups in total. The van der Waals surface area contributed by atoms with E-state index in [0.717, 1.165) is 11.1 Å². The molecule has 0 aliphatic carbocycles. The van der Waals surface area contributed by atoms with E-state index in [2.05, 4.69) is 10.6 Å². The zero-order chi connectivity index (χ0) is 23.5. The van der Waals surface area contributed by atoms with Crippen molar-refractivity contribution in [3.8, 4) is 34.5 Å². The molecular weight excluding hydrogens is 416 g/mol. The van der Waals surface area contributed by atoms with Crippen LogP contribution in [0.3, 0.4) is 0 Å². The van der Waals surface area contributed by atoms with Crippen LogP contribution in [0.1, 0.15) is 11.1 Å². The van der Waals surface area contributed by atoms with Gasteiger partial charge in [0.05, 0.1) is 48.8 Å². The molecule has 9 heteroatoms. The predicted molar refractivity (Wildman–Crippen MR) is 122 cm³/mol. The highest BCUT2D eigenvalue weighted by molar-refractivity contribution is 5.56. The number of aliphatic hydroxyl groups excluding tert-OH is 1. The standard InChI is InChI=1S/C23H34N2O7/c1-27-18-9-7-15(20(29-3)22(18)31-5)11-24-13-17(26)14-25-12-16-8-10-19(28-2)23(32-6)21(16)30-4/h7-10,17,24-26H,11-14H2,1-6H3. The average molecular weight is 451 g/mol. The summed E-state index contributed by atoms with van der Waals surface area (Å²) in [5.41, 5.74) is 1.81. The molecule has 9 nitrogen and oxygen atoms in total. The van der Waals surface area contributed by atoms with Gasteiger partial charge in [-0.3, -0.25) is 0 Å². The molecule has 178 valence electrons. The number of benzene rings is 2. The number of aliphatic hydroxyl groups is 1. The third kappa shape index (κ3) is 6.09. The molecule has 2 aromatic carbocycles. The van der Waals surface area contributed by atoms with Crippen molar-refractivity contribution < 1.29 is 33.5 Å². The molecule has 0 saturated carbocycles. The highest BCUT2D eigenvalue weighted by Gasteiger charge is 2.17. The minimum atomic E-state index is -0.590. The molecule has 0 aliphatic rings. The van der Waals surface area contributed by atoms with Gasteiger partial charge in [0.1, 0.15) is 0 Å². The molecule has 0 bridgehead atoms. The number of hydrogen-bond donors (Lipinski definition) is 3. The molecular formula is C23H34N2O7. The summed E-state index contributed by atoms with van der Waals surface area (Å²) < 4.78 is 32.4. The fourth-order valence-corrected chi connectivity index (χ4v) is 3.42. The Balaban J connectivity index is 1.88.